The second-order valence-corrected chi connectivity index (χ2v) is 43.6. The highest BCUT2D eigenvalue weighted by atomic mass is 35.5. The van der Waals surface area contributed by atoms with Gasteiger partial charge in [-0.05, 0) is 321 Å². The maximum absolute atomic E-state index is 13.3. The summed E-state index contributed by atoms with van der Waals surface area (Å²) in [6, 6.07) is 35.9. The Kier molecular flexibility index (Phi) is 31.6. The van der Waals surface area contributed by atoms with Gasteiger partial charge in [-0.3, -0.25) is 34.0 Å². The molecule has 15 nitrogen and oxygen atoms in total. The van der Waals surface area contributed by atoms with E-state index in [0.29, 0.717) is 95.6 Å². The molecule has 0 spiro atoms. The van der Waals surface area contributed by atoms with Gasteiger partial charge in [0.25, 0.3) is 0 Å². The Morgan fingerprint density at radius 1 is 0.608 bits per heavy atom. The zero-order valence-electron chi connectivity index (χ0n) is 79.7. The van der Waals surface area contributed by atoms with Gasteiger partial charge in [0, 0.05) is 103 Å². The molecular weight excluding hydrogens is 1610 g/mol. The van der Waals surface area contributed by atoms with Crippen LogP contribution in [-0.4, -0.2) is 220 Å². The fraction of sp³-hybridized carbons (Fsp3) is 0.664. The average molecular weight is 1770 g/mol. The van der Waals surface area contributed by atoms with Crippen molar-refractivity contribution in [3.63, 3.8) is 0 Å². The van der Waals surface area contributed by atoms with Crippen LogP contribution in [0.1, 0.15) is 287 Å². The van der Waals surface area contributed by atoms with Crippen molar-refractivity contribution >= 4 is 68.3 Å². The third-order valence-corrected chi connectivity index (χ3v) is 34.8. The molecule has 3 amide bonds. The zero-order valence-corrected chi connectivity index (χ0v) is 82.0. The summed E-state index contributed by atoms with van der Waals surface area (Å²) in [5.74, 6) is 2.46. The first-order chi connectivity index (χ1) is 59.7. The predicted molar refractivity (Wildman–Crippen MR) is 517 cm³/mol. The lowest BCUT2D eigenvalue weighted by molar-refractivity contribution is -0.136. The summed E-state index contributed by atoms with van der Waals surface area (Å²) in [7, 11) is 0. The molecule has 18 heteroatoms. The number of thiophene rings is 1. The Labute approximate surface area is 766 Å². The largest absolute Gasteiger partial charge is 0.508 e. The Hall–Kier alpha value is -5.92. The predicted octanol–water partition coefficient (Wildman–Crippen LogP) is 21.7. The number of halogens is 2. The van der Waals surface area contributed by atoms with Gasteiger partial charge in [-0.1, -0.05) is 187 Å². The molecule has 6 bridgehead atoms. The Bertz CT molecular complexity index is 4670. The number of Topliss-reactive ketones (excluding diaryl/α,β-unsaturated/α-hetero) is 1. The molecule has 6 saturated heterocycles. The van der Waals surface area contributed by atoms with Gasteiger partial charge < -0.3 is 34.5 Å². The summed E-state index contributed by atoms with van der Waals surface area (Å²) in [5, 5.41) is 24.8. The number of aliphatic hydroxyl groups is 1. The molecular formula is C107H156Cl2N8O7S. The first-order valence-corrected chi connectivity index (χ1v) is 50.7. The minimum Gasteiger partial charge on any atom is -0.508 e. The van der Waals surface area contributed by atoms with Crippen LogP contribution >= 0.6 is 34.5 Å². The summed E-state index contributed by atoms with van der Waals surface area (Å²) in [6.07, 6.45) is 26.0. The highest BCUT2D eigenvalue weighted by Gasteiger charge is 2.60. The molecule has 5 aliphatic carbocycles. The van der Waals surface area contributed by atoms with Gasteiger partial charge in [-0.15, -0.1) is 11.3 Å². The molecule has 1 aromatic heterocycles. The number of ether oxygens (including phenoxy) is 1. The number of fused-ring (bicyclic) bond motifs is 13. The fourth-order valence-corrected chi connectivity index (χ4v) is 26.5. The van der Waals surface area contributed by atoms with E-state index in [2.05, 4.69) is 205 Å². The fourth-order valence-electron chi connectivity index (χ4n) is 25.3. The SMILES string of the molecule is CCC(C)(C)CN1CCC2(CC)c3cc(O)ccc3CC1C2(C)C.CCN(C(=O)Cc1cccc2sccc12)C1CCCCC1N1CCCC1.CCOC(=O)N1CCN(C(=O)Cc2ccc(Cl)c(Cl)c2)C(CN2CCCC2)C1.CCc1ccc2c(c1)C1(CC)CCN(CC(C)(C)O)C(C2)C1(C)C.CCc1ccc2c(c1)C1(CC)CCN(CC3CC3)C(C2=O)C1C. The lowest BCUT2D eigenvalue weighted by Gasteiger charge is -2.63. The van der Waals surface area contributed by atoms with Gasteiger partial charge >= 0.3 is 6.09 Å². The summed E-state index contributed by atoms with van der Waals surface area (Å²) < 4.78 is 6.44. The van der Waals surface area contributed by atoms with Crippen LogP contribution in [0.15, 0.2) is 102 Å². The van der Waals surface area contributed by atoms with Crippen LogP contribution < -0.4 is 0 Å². The standard InChI is InChI=1S/C22H30N2OS.2C22H35NO.C21H29NO.C20H27Cl2N3O3/c1-2-24(20-10-4-3-9-19(20)23-13-5-6-14-23)22(25)16-17-8-7-11-21-18(17)12-15-26-21;1-7-20(3,4)15-23-12-11-22(8-2)18-14-17(24)10-9-16(18)13-19(23)21(22,5)6;1-7-16-9-10-17-14-19-21(5,6)22(8-2,18(17)13-16)11-12-23(19)15-20(3,4)24;1-4-15-8-9-17-18(12-15)21(5-2)10-11-22(13-16-6-7-16)19(14(21)3)20(17)23;1-2-28-20(27)24-9-10-25(16(14-24)13-23-7-3-4-8-23)19(26)12-15-5-6-17(21)18(22)11-15/h7-8,11-12,15,19-20H,2-6,9-10,13-14,16H2,1H3;9-10,14,19,24H,7-8,11-13,15H2,1-6H3;9-10,13,19,24H,7-8,11-12,14-15H2,1-6H3;8-9,12,14,16,19H,4-7,10-11,13H2,1-3H3;5-6,11,16H,2-4,7-10,12-14H2,1H3. The number of rotatable bonds is 22. The number of ketones is 1. The first kappa shape index (κ1) is 96.6. The number of carbonyl (C=O) groups is 4. The van der Waals surface area contributed by atoms with Crippen molar-refractivity contribution in [3.05, 3.63) is 168 Å². The number of β-amino-alcohol motifs (C(OH)–C–C–N with tert-alkyl or cyclic N) is 1. The van der Waals surface area contributed by atoms with Crippen LogP contribution in [-0.2, 0) is 69.1 Å². The first-order valence-electron chi connectivity index (χ1n) is 49.1. The molecule has 7 heterocycles. The maximum Gasteiger partial charge on any atom is 0.409 e. The van der Waals surface area contributed by atoms with E-state index < -0.39 is 5.60 Å². The molecule has 2 saturated carbocycles. The molecule has 6 aromatic rings. The van der Waals surface area contributed by atoms with Crippen molar-refractivity contribution in [1.29, 1.82) is 0 Å². The summed E-state index contributed by atoms with van der Waals surface area (Å²) in [5.41, 5.74) is 14.1. The number of nitrogens with zero attached hydrogens (tertiary/aromatic N) is 8. The van der Waals surface area contributed by atoms with E-state index in [-0.39, 0.29) is 57.6 Å². The third-order valence-electron chi connectivity index (χ3n) is 33.2. The van der Waals surface area contributed by atoms with Crippen molar-refractivity contribution in [1.82, 2.24) is 39.2 Å². The Balaban J connectivity index is 0.000000134. The van der Waals surface area contributed by atoms with Crippen molar-refractivity contribution in [2.24, 2.45) is 28.1 Å². The zero-order chi connectivity index (χ0) is 89.7. The molecule has 11 aliphatic rings. The highest BCUT2D eigenvalue weighted by Crippen LogP contribution is 2.61. The molecule has 8 fully saturated rings. The second kappa shape index (κ2) is 40.8. The van der Waals surface area contributed by atoms with Gasteiger partial charge in [0.1, 0.15) is 5.75 Å². The van der Waals surface area contributed by atoms with E-state index in [9.17, 15) is 29.4 Å². The average Bonchev–Trinajstić information content (AvgIpc) is 1.59. The molecule has 5 aromatic carbocycles. The molecule has 10 unspecified atom stereocenters. The van der Waals surface area contributed by atoms with Crippen molar-refractivity contribution in [2.75, 3.05) is 105 Å². The molecule has 125 heavy (non-hydrogen) atoms. The number of amides is 3. The second-order valence-electron chi connectivity index (χ2n) is 41.8. The minimum atomic E-state index is -0.630. The summed E-state index contributed by atoms with van der Waals surface area (Å²) in [6.45, 7) is 53.1. The van der Waals surface area contributed by atoms with Crippen LogP contribution in [0, 0.1) is 28.1 Å². The third kappa shape index (κ3) is 20.6. The van der Waals surface area contributed by atoms with Crippen LogP contribution in [0.2, 0.25) is 10.0 Å². The molecule has 17 rings (SSSR count). The van der Waals surface area contributed by atoms with Crippen molar-refractivity contribution in [3.8, 4) is 5.75 Å². The quantitative estimate of drug-likeness (QED) is 0.0668. The van der Waals surface area contributed by atoms with Crippen LogP contribution in [0.5, 0.6) is 5.75 Å². The van der Waals surface area contributed by atoms with Crippen LogP contribution in [0.3, 0.4) is 0 Å². The number of phenols is 1. The number of likely N-dealkylation sites (tertiary alicyclic amines) is 5. The number of benzene rings is 5. The lowest BCUT2D eigenvalue weighted by atomic mass is 9.49. The van der Waals surface area contributed by atoms with E-state index in [1.165, 1.54) is 166 Å². The topological polar surface area (TPSA) is 144 Å². The smallest absolute Gasteiger partial charge is 0.409 e. The van der Waals surface area contributed by atoms with E-state index in [1.807, 2.05) is 30.9 Å². The number of piperidine rings is 3. The van der Waals surface area contributed by atoms with Gasteiger partial charge in [0.15, 0.2) is 5.78 Å². The number of aromatic hydroxyl groups is 1. The maximum atomic E-state index is 13.3. The minimum absolute atomic E-state index is 0.0356. The van der Waals surface area contributed by atoms with Gasteiger partial charge in [-0.25, -0.2) is 4.79 Å². The van der Waals surface area contributed by atoms with E-state index in [0.717, 1.165) is 108 Å². The number of phenolic OH excluding ortho intramolecular Hbond substituents is 1. The van der Waals surface area contributed by atoms with E-state index in [4.69, 9.17) is 27.9 Å². The van der Waals surface area contributed by atoms with E-state index in [1.54, 1.807) is 46.4 Å². The molecule has 0 radical (unpaired) electrons. The molecule has 686 valence electrons. The molecule has 6 aliphatic heterocycles. The summed E-state index contributed by atoms with van der Waals surface area (Å²) >= 11 is 13.8. The number of hydrogen-bond acceptors (Lipinski definition) is 13. The summed E-state index contributed by atoms with van der Waals surface area (Å²) in [4.78, 5) is 70.5. The number of carbonyl (C=O) groups excluding carboxylic acids is 4. The van der Waals surface area contributed by atoms with Gasteiger partial charge in [-0.2, -0.15) is 0 Å². The van der Waals surface area contributed by atoms with E-state index >= 15 is 0 Å². The Morgan fingerprint density at radius 2 is 1.22 bits per heavy atom. The molecule has 10 atom stereocenters. The number of piperazine rings is 1. The highest BCUT2D eigenvalue weighted by molar-refractivity contribution is 7.17. The number of likely N-dealkylation sites (N-methyl/N-ethyl adjacent to an activating group) is 1. The van der Waals surface area contributed by atoms with Gasteiger partial charge in [0.2, 0.25) is 11.8 Å². The number of aryl methyl sites for hydroxylation is 2. The lowest BCUT2D eigenvalue weighted by Crippen LogP contribution is -2.66. The monoisotopic (exact) mass is 1770 g/mol. The van der Waals surface area contributed by atoms with Crippen molar-refractivity contribution in [2.45, 2.75) is 323 Å². The molecule has 2 N–H and O–H groups in total. The van der Waals surface area contributed by atoms with Crippen molar-refractivity contribution < 1.29 is 34.1 Å². The van der Waals surface area contributed by atoms with Gasteiger partial charge in [0.05, 0.1) is 47.2 Å². The normalized spacial score (nSPS) is 27.1. The Morgan fingerprint density at radius 3 is 1.82 bits per heavy atom. The van der Waals surface area contributed by atoms with Crippen LogP contribution in [0.4, 0.5) is 4.79 Å². The number of hydrogen-bond donors (Lipinski definition) is 2. The van der Waals surface area contributed by atoms with Crippen LogP contribution in [0.25, 0.3) is 10.1 Å².